The molecule has 1 aliphatic heterocycles. The molecule has 1 aliphatic rings. The van der Waals surface area contributed by atoms with Crippen LogP contribution in [0, 0.1) is 0 Å². The van der Waals surface area contributed by atoms with Gasteiger partial charge >= 0.3 is 0 Å². The fraction of sp³-hybridized carbons (Fsp3) is 0.333. The van der Waals surface area contributed by atoms with E-state index in [0.717, 1.165) is 6.42 Å². The van der Waals surface area contributed by atoms with Crippen LogP contribution in [0.2, 0.25) is 0 Å². The van der Waals surface area contributed by atoms with E-state index in [-0.39, 0.29) is 6.04 Å². The van der Waals surface area contributed by atoms with Gasteiger partial charge in [0.2, 0.25) is 0 Å². The Morgan fingerprint density at radius 1 is 1.37 bits per heavy atom. The minimum absolute atomic E-state index is 0.273. The highest BCUT2D eigenvalue weighted by molar-refractivity contribution is 5.48. The van der Waals surface area contributed by atoms with Gasteiger partial charge in [0.25, 0.3) is 0 Å². The fourth-order valence-corrected chi connectivity index (χ4v) is 2.29. The molecule has 1 unspecified atom stereocenters. The SMILES string of the molecule is C=CC1C=CC(CC)=C(C(/C=C\C=C\C)=C\C)N1C. The number of likely N-dealkylation sites (N-methyl/N-ethyl adjacent to an activating group) is 1. The van der Waals surface area contributed by atoms with E-state index in [4.69, 9.17) is 0 Å². The smallest absolute Gasteiger partial charge is 0.0654 e. The number of hydrogen-bond acceptors (Lipinski definition) is 1. The van der Waals surface area contributed by atoms with E-state index in [1.807, 2.05) is 19.1 Å². The predicted octanol–water partition coefficient (Wildman–Crippen LogP) is 4.79. The molecule has 0 fully saturated rings. The molecule has 0 aromatic carbocycles. The Bertz CT molecular complexity index is 458. The van der Waals surface area contributed by atoms with Gasteiger partial charge in [-0.15, -0.1) is 6.58 Å². The summed E-state index contributed by atoms with van der Waals surface area (Å²) < 4.78 is 0. The van der Waals surface area contributed by atoms with Crippen LogP contribution in [-0.4, -0.2) is 18.0 Å². The highest BCUT2D eigenvalue weighted by Gasteiger charge is 2.20. The Morgan fingerprint density at radius 3 is 2.63 bits per heavy atom. The average Bonchev–Trinajstić information content (AvgIpc) is 2.44. The quantitative estimate of drug-likeness (QED) is 0.504. The van der Waals surface area contributed by atoms with E-state index >= 15 is 0 Å². The van der Waals surface area contributed by atoms with Crippen LogP contribution in [0.25, 0.3) is 0 Å². The number of nitrogens with zero attached hydrogens (tertiary/aromatic N) is 1. The van der Waals surface area contributed by atoms with Crippen molar-refractivity contribution in [2.24, 2.45) is 0 Å². The second-order valence-electron chi connectivity index (χ2n) is 4.55. The average molecular weight is 255 g/mol. The Kier molecular flexibility index (Phi) is 6.14. The second kappa shape index (κ2) is 7.63. The third-order valence-corrected chi connectivity index (χ3v) is 3.38. The summed E-state index contributed by atoms with van der Waals surface area (Å²) in [5.74, 6) is 0. The Labute approximate surface area is 118 Å². The summed E-state index contributed by atoms with van der Waals surface area (Å²) in [5.41, 5.74) is 3.94. The van der Waals surface area contributed by atoms with Crippen LogP contribution < -0.4 is 0 Å². The van der Waals surface area contributed by atoms with Crippen molar-refractivity contribution in [2.75, 3.05) is 7.05 Å². The molecule has 1 heterocycles. The molecule has 102 valence electrons. The zero-order valence-corrected chi connectivity index (χ0v) is 12.6. The van der Waals surface area contributed by atoms with Crippen molar-refractivity contribution in [3.8, 4) is 0 Å². The monoisotopic (exact) mass is 255 g/mol. The summed E-state index contributed by atoms with van der Waals surface area (Å²) in [6, 6.07) is 0.273. The van der Waals surface area contributed by atoms with Crippen LogP contribution >= 0.6 is 0 Å². The molecule has 19 heavy (non-hydrogen) atoms. The summed E-state index contributed by atoms with van der Waals surface area (Å²) >= 11 is 0. The first-order chi connectivity index (χ1) is 9.19. The molecule has 0 amide bonds. The van der Waals surface area contributed by atoms with Crippen molar-refractivity contribution in [1.82, 2.24) is 4.90 Å². The van der Waals surface area contributed by atoms with Crippen molar-refractivity contribution >= 4 is 0 Å². The summed E-state index contributed by atoms with van der Waals surface area (Å²) in [5, 5.41) is 0. The van der Waals surface area contributed by atoms with Crippen LogP contribution in [0.15, 0.2) is 72.0 Å². The molecule has 1 atom stereocenters. The third kappa shape index (κ3) is 3.60. The molecule has 1 nitrogen and oxygen atoms in total. The van der Waals surface area contributed by atoms with Crippen LogP contribution in [0.3, 0.4) is 0 Å². The van der Waals surface area contributed by atoms with E-state index in [1.54, 1.807) is 0 Å². The standard InChI is InChI=1S/C18H25N/c1-6-10-11-12-15(7-2)18-16(8-3)13-14-17(9-4)19(18)5/h6-7,9-14,17H,4,8H2,1-3,5H3/b10-6+,12-11-,15-7-. The van der Waals surface area contributed by atoms with Gasteiger partial charge in [0, 0.05) is 12.7 Å². The van der Waals surface area contributed by atoms with Crippen molar-refractivity contribution in [3.05, 3.63) is 72.0 Å². The van der Waals surface area contributed by atoms with Gasteiger partial charge in [-0.1, -0.05) is 55.5 Å². The van der Waals surface area contributed by atoms with Crippen molar-refractivity contribution in [1.29, 1.82) is 0 Å². The number of allylic oxidation sites excluding steroid dienone is 7. The number of rotatable bonds is 5. The van der Waals surface area contributed by atoms with E-state index in [0.29, 0.717) is 0 Å². The predicted molar refractivity (Wildman–Crippen MR) is 85.9 cm³/mol. The molecule has 0 aromatic heterocycles. The Morgan fingerprint density at radius 2 is 2.11 bits per heavy atom. The van der Waals surface area contributed by atoms with Crippen molar-refractivity contribution in [3.63, 3.8) is 0 Å². The first kappa shape index (κ1) is 15.3. The van der Waals surface area contributed by atoms with Gasteiger partial charge in [0.05, 0.1) is 6.04 Å². The maximum absolute atomic E-state index is 3.92. The minimum Gasteiger partial charge on any atom is -0.364 e. The lowest BCUT2D eigenvalue weighted by Crippen LogP contribution is -2.31. The minimum atomic E-state index is 0.273. The molecule has 0 spiro atoms. The molecule has 0 saturated heterocycles. The highest BCUT2D eigenvalue weighted by Crippen LogP contribution is 2.28. The largest absolute Gasteiger partial charge is 0.364 e. The number of hydrogen-bond donors (Lipinski definition) is 0. The molecule has 0 saturated carbocycles. The van der Waals surface area contributed by atoms with Crippen LogP contribution in [0.1, 0.15) is 27.2 Å². The first-order valence-electron chi connectivity index (χ1n) is 6.92. The molecule has 0 bridgehead atoms. The molecule has 0 aliphatic carbocycles. The van der Waals surface area contributed by atoms with E-state index in [1.165, 1.54) is 16.8 Å². The molecule has 1 heteroatoms. The highest BCUT2D eigenvalue weighted by atomic mass is 15.1. The normalized spacial score (nSPS) is 20.9. The van der Waals surface area contributed by atoms with Crippen LogP contribution in [0.5, 0.6) is 0 Å². The summed E-state index contributed by atoms with van der Waals surface area (Å²) in [7, 11) is 2.13. The summed E-state index contributed by atoms with van der Waals surface area (Å²) in [4.78, 5) is 2.29. The van der Waals surface area contributed by atoms with E-state index in [2.05, 4.69) is 68.8 Å². The maximum Gasteiger partial charge on any atom is 0.0654 e. The van der Waals surface area contributed by atoms with Gasteiger partial charge in [-0.3, -0.25) is 0 Å². The lowest BCUT2D eigenvalue weighted by Gasteiger charge is -2.33. The summed E-state index contributed by atoms with van der Waals surface area (Å²) in [6.07, 6.45) is 18.0. The fourth-order valence-electron chi connectivity index (χ4n) is 2.29. The maximum atomic E-state index is 3.92. The van der Waals surface area contributed by atoms with Gasteiger partial charge in [-0.05, 0) is 31.4 Å². The van der Waals surface area contributed by atoms with Gasteiger partial charge in [0.15, 0.2) is 0 Å². The second-order valence-corrected chi connectivity index (χ2v) is 4.55. The zero-order valence-electron chi connectivity index (χ0n) is 12.6. The Hall–Kier alpha value is -1.76. The zero-order chi connectivity index (χ0) is 14.3. The topological polar surface area (TPSA) is 3.24 Å². The van der Waals surface area contributed by atoms with Crippen molar-refractivity contribution in [2.45, 2.75) is 33.2 Å². The van der Waals surface area contributed by atoms with Crippen LogP contribution in [0.4, 0.5) is 0 Å². The molecular weight excluding hydrogens is 230 g/mol. The molecule has 0 radical (unpaired) electrons. The molecular formula is C18H25N. The first-order valence-corrected chi connectivity index (χ1v) is 6.92. The van der Waals surface area contributed by atoms with Gasteiger partial charge < -0.3 is 4.90 Å². The molecule has 1 rings (SSSR count). The van der Waals surface area contributed by atoms with E-state index in [9.17, 15) is 0 Å². The van der Waals surface area contributed by atoms with Crippen molar-refractivity contribution < 1.29 is 0 Å². The third-order valence-electron chi connectivity index (χ3n) is 3.38. The van der Waals surface area contributed by atoms with Gasteiger partial charge in [0.1, 0.15) is 0 Å². The van der Waals surface area contributed by atoms with E-state index < -0.39 is 0 Å². The Balaban J connectivity index is 3.19. The molecule has 0 aromatic rings. The van der Waals surface area contributed by atoms with Gasteiger partial charge in [-0.25, -0.2) is 0 Å². The lowest BCUT2D eigenvalue weighted by atomic mass is 9.96. The van der Waals surface area contributed by atoms with Gasteiger partial charge in [-0.2, -0.15) is 0 Å². The van der Waals surface area contributed by atoms with Crippen LogP contribution in [-0.2, 0) is 0 Å². The summed E-state index contributed by atoms with van der Waals surface area (Å²) in [6.45, 7) is 10.2. The lowest BCUT2D eigenvalue weighted by molar-refractivity contribution is 0.398. The molecule has 0 N–H and O–H groups in total.